The molecule has 0 aliphatic heterocycles. The van der Waals surface area contributed by atoms with Crippen LogP contribution in [0.4, 0.5) is 70.2 Å². The molecule has 0 amide bonds. The number of benzene rings is 4. The minimum absolute atomic E-state index is 0.0730. The number of rotatable bonds is 39. The van der Waals surface area contributed by atoms with Gasteiger partial charge >= 0.3 is 71.0 Å². The van der Waals surface area contributed by atoms with Crippen LogP contribution in [0.2, 0.25) is 0 Å². The second kappa shape index (κ2) is 54.9. The molecule has 12 rings (SSSR count). The van der Waals surface area contributed by atoms with Crippen LogP contribution in [0.25, 0.3) is 6.08 Å². The highest BCUT2D eigenvalue weighted by Crippen LogP contribution is 2.67. The smallest absolute Gasteiger partial charge is 0.432 e. The SMILES string of the molecule is C=C(C)C(=O)OC1(C)C2CC3CC1CC(C(=O)OC(C(F)(F)F)C(F)(F)S(=O)(=O)[O-])(C3)C2.C=C(C)C(=O)OC1(C)C2CC3CC1CC(C(=O)OC(C(F)(F)F)C(F)(F)S(=O)(=O)[O-])(C3)C2.C=CC(=O)OC(CS(=O)(=O)[O-])C(F)(F)F.C=Cc1ccc(C(=O)OC(CS(=O)(=O)[O-])C(F)(F)F)cc1.CCCC[N+](CCCC)(CCCC)CCCC.C[N+](C)(C)Cc1ccccc1.C[N+](C)(C)Cc1ccccc1.C[N+](C)(C)Cc1ccccc1. The van der Waals surface area contributed by atoms with E-state index in [0.29, 0.717) is 37.3 Å². The third-order valence-corrected chi connectivity index (χ3v) is 29.3. The molecule has 8 fully saturated rings. The Morgan fingerprint density at radius 2 is 0.673 bits per heavy atom. The summed E-state index contributed by atoms with van der Waals surface area (Å²) in [6.45, 7) is 37.8. The van der Waals surface area contributed by atoms with Gasteiger partial charge in [0.05, 0.1) is 138 Å². The van der Waals surface area contributed by atoms with Gasteiger partial charge in [0.1, 0.15) is 30.8 Å². The molecule has 0 aromatic heterocycles. The number of ether oxygens (including phenoxy) is 6. The summed E-state index contributed by atoms with van der Waals surface area (Å²) >= 11 is 0. The quantitative estimate of drug-likeness (QED) is 0.01000. The van der Waals surface area contributed by atoms with Crippen molar-refractivity contribution in [1.29, 1.82) is 0 Å². The number of carbonyl (C=O) groups is 6. The summed E-state index contributed by atoms with van der Waals surface area (Å²) in [5, 5.41) is -11.8. The Balaban J connectivity index is 0.000000456. The van der Waals surface area contributed by atoms with E-state index in [9.17, 15) is 151 Å². The molecule has 8 saturated carbocycles. The van der Waals surface area contributed by atoms with Gasteiger partial charge in [0, 0.05) is 57.6 Å². The van der Waals surface area contributed by atoms with Crippen LogP contribution in [0.5, 0.6) is 0 Å². The number of quaternary nitrogens is 4. The van der Waals surface area contributed by atoms with Crippen molar-refractivity contribution in [2.24, 2.45) is 46.3 Å². The first-order valence-corrected chi connectivity index (χ1v) is 54.4. The topological polar surface area (TPSA) is 387 Å². The van der Waals surface area contributed by atoms with Gasteiger partial charge in [-0.2, -0.15) is 70.2 Å². The van der Waals surface area contributed by atoms with Crippen LogP contribution < -0.4 is 0 Å². The van der Waals surface area contributed by atoms with Crippen LogP contribution >= 0.6 is 0 Å². The van der Waals surface area contributed by atoms with Gasteiger partial charge in [-0.3, -0.25) is 9.59 Å². The van der Waals surface area contributed by atoms with E-state index in [0.717, 1.165) is 33.1 Å². The van der Waals surface area contributed by atoms with Crippen LogP contribution in [0, 0.1) is 46.3 Å². The summed E-state index contributed by atoms with van der Waals surface area (Å²) < 4.78 is 366. The van der Waals surface area contributed by atoms with Gasteiger partial charge in [-0.1, -0.05) is 189 Å². The Kier molecular flexibility index (Phi) is 49.5. The van der Waals surface area contributed by atoms with Crippen LogP contribution in [-0.4, -0.2) is 278 Å². The number of hydrogen-bond acceptors (Lipinski definition) is 24. The molecule has 8 aliphatic carbocycles. The number of nitrogens with zero attached hydrogens (tertiary/aromatic N) is 4. The maximum Gasteiger partial charge on any atom is 0.432 e. The highest BCUT2D eigenvalue weighted by Gasteiger charge is 2.71. The van der Waals surface area contributed by atoms with E-state index < -0.39 is 193 Å². The van der Waals surface area contributed by atoms with E-state index >= 15 is 0 Å². The Bertz CT molecular complexity index is 5220. The maximum atomic E-state index is 13.8. The Hall–Kier alpha value is -8.98. The van der Waals surface area contributed by atoms with Crippen molar-refractivity contribution in [3.05, 3.63) is 187 Å². The molecule has 8 atom stereocenters. The number of carbonyl (C=O) groups excluding carboxylic acids is 6. The van der Waals surface area contributed by atoms with Gasteiger partial charge in [0.15, 0.2) is 20.2 Å². The average molecular weight is 2240 g/mol. The molecule has 4 aromatic rings. The van der Waals surface area contributed by atoms with Crippen LogP contribution in [-0.2, 0) is 113 Å². The van der Waals surface area contributed by atoms with E-state index in [4.69, 9.17) is 9.47 Å². The molecule has 0 heterocycles. The Labute approximate surface area is 870 Å². The third-order valence-electron chi connectivity index (χ3n) is 26.1. The number of hydrogen-bond donors (Lipinski definition) is 0. The van der Waals surface area contributed by atoms with Crippen molar-refractivity contribution in [3.8, 4) is 0 Å². The first kappa shape index (κ1) is 135. The maximum absolute atomic E-state index is 13.8. The minimum atomic E-state index is -6.77. The van der Waals surface area contributed by atoms with Crippen molar-refractivity contribution < 1.29 is 197 Å². The highest BCUT2D eigenvalue weighted by molar-refractivity contribution is 7.87. The van der Waals surface area contributed by atoms with Gasteiger partial charge in [0.2, 0.25) is 12.2 Å². The molecule has 8 bridgehead atoms. The molecule has 150 heavy (non-hydrogen) atoms. The largest absolute Gasteiger partial charge is 0.748 e. The van der Waals surface area contributed by atoms with Gasteiger partial charge in [-0.05, 0) is 147 Å². The number of halogens is 16. The first-order valence-electron chi connectivity index (χ1n) is 48.4. The molecule has 8 aliphatic rings. The van der Waals surface area contributed by atoms with Crippen molar-refractivity contribution in [3.63, 3.8) is 0 Å². The van der Waals surface area contributed by atoms with Crippen LogP contribution in [0.3, 0.4) is 0 Å². The zero-order valence-corrected chi connectivity index (χ0v) is 90.9. The fourth-order valence-corrected chi connectivity index (χ4v) is 21.2. The lowest BCUT2D eigenvalue weighted by atomic mass is 9.45. The predicted octanol–water partition coefficient (Wildman–Crippen LogP) is 19.4. The van der Waals surface area contributed by atoms with Gasteiger partial charge in [0.25, 0.3) is 12.2 Å². The Morgan fingerprint density at radius 3 is 0.887 bits per heavy atom. The standard InChI is InChI=1S/2C19H23F5O7S.C16H36N.C12H11F3O5S.3C10H16N.C6H7F3O5S/c2*1-9(2)13(25)31-16(3)11-4-10-5-12(16)8-17(6-10,7-11)15(26)30-14(18(20,21)22)19(23,24)32(27,28)29;1-5-9-13-17(14-10-6-2,15-11-7-3)16-12-8-4;1-2-8-3-5-9(6-4-8)11(16)20-10(12(13,14)15)7-21(17,18)19;3*1-11(2,3)9-10-7-5-4-6-8-10;1-2-5(10)14-4(6(7,8)9)3-15(11,12)13/h2*10-12,14H,1,4-8H2,2-3H3,(H,27,28,29);5-16H2,1-4H3;2-6,10H,1,7H2,(H,17,18,19);3*4-8H,9H2,1-3H3;2,4H,1,3H2,(H,11,12,13)/q;;+1;;3*+1;/p-4. The number of unbranched alkanes of at least 4 members (excludes halogenated alkanes) is 4. The molecule has 8 unspecified atom stereocenters. The fourth-order valence-electron chi connectivity index (χ4n) is 19.1. The molecule has 28 nitrogen and oxygen atoms in total. The summed E-state index contributed by atoms with van der Waals surface area (Å²) in [5.74, 6) is -13.2. The molecule has 0 radical (unpaired) electrons. The monoisotopic (exact) mass is 2240 g/mol. The van der Waals surface area contributed by atoms with Crippen molar-refractivity contribution in [2.75, 3.05) is 101 Å². The highest BCUT2D eigenvalue weighted by atomic mass is 32.2. The second-order valence-electron chi connectivity index (χ2n) is 42.5. The third kappa shape index (κ3) is 43.1. The number of alkyl halides is 16. The van der Waals surface area contributed by atoms with E-state index in [2.05, 4.69) is 227 Å². The lowest BCUT2D eigenvalue weighted by Crippen LogP contribution is -2.64. The lowest BCUT2D eigenvalue weighted by Gasteiger charge is -2.62. The van der Waals surface area contributed by atoms with Gasteiger partial charge < -0.3 is 64.6 Å². The van der Waals surface area contributed by atoms with Crippen LogP contribution in [0.1, 0.15) is 204 Å². The normalized spacial score (nSPS) is 22.3. The Morgan fingerprint density at radius 1 is 0.407 bits per heavy atom. The zero-order chi connectivity index (χ0) is 115. The van der Waals surface area contributed by atoms with Crippen molar-refractivity contribution in [2.45, 2.75) is 261 Å². The van der Waals surface area contributed by atoms with E-state index in [1.54, 1.807) is 13.8 Å². The molecule has 48 heteroatoms. The summed E-state index contributed by atoms with van der Waals surface area (Å²) in [6, 6.07) is 36.9. The van der Waals surface area contributed by atoms with E-state index in [1.807, 2.05) is 0 Å². The molecule has 0 N–H and O–H groups in total. The van der Waals surface area contributed by atoms with E-state index in [-0.39, 0.29) is 67.1 Å². The molecular formula is C102H144F16N4O24S4. The molecule has 852 valence electrons. The average Bonchev–Trinajstić information content (AvgIpc) is 0.706. The molecule has 0 saturated heterocycles. The van der Waals surface area contributed by atoms with Gasteiger partial charge in [-0.25, -0.2) is 52.8 Å². The zero-order valence-electron chi connectivity index (χ0n) is 87.6. The van der Waals surface area contributed by atoms with Crippen molar-refractivity contribution in [1.82, 2.24) is 0 Å². The summed E-state index contributed by atoms with van der Waals surface area (Å²) in [6.07, 6.45) is -22.3. The number of esters is 6. The molecule has 0 spiro atoms. The van der Waals surface area contributed by atoms with Gasteiger partial charge in [-0.15, -0.1) is 0 Å². The second-order valence-corrected chi connectivity index (χ2v) is 48.3. The predicted molar refractivity (Wildman–Crippen MR) is 523 cm³/mol. The molecular weight excluding hydrogens is 2100 g/mol. The summed E-state index contributed by atoms with van der Waals surface area (Å²) in [4.78, 5) is 71.8. The summed E-state index contributed by atoms with van der Waals surface area (Å²) in [5.41, 5.74) is -0.286. The van der Waals surface area contributed by atoms with Crippen molar-refractivity contribution >= 4 is 82.4 Å². The fraction of sp³-hybridized carbons (Fsp3) is 0.627. The van der Waals surface area contributed by atoms with E-state index in [1.165, 1.54) is 143 Å². The first-order chi connectivity index (χ1) is 68.2. The minimum Gasteiger partial charge on any atom is -0.748 e. The summed E-state index contributed by atoms with van der Waals surface area (Å²) in [7, 11) is -4.08. The van der Waals surface area contributed by atoms with Crippen LogP contribution in [0.15, 0.2) is 159 Å². The lowest BCUT2D eigenvalue weighted by molar-refractivity contribution is -0.929. The molecule has 4 aromatic carbocycles.